The van der Waals surface area contributed by atoms with Crippen molar-refractivity contribution in [2.24, 2.45) is 0 Å². The van der Waals surface area contributed by atoms with Crippen LogP contribution in [0.15, 0.2) is 41.3 Å². The Hall–Kier alpha value is -2.00. The highest BCUT2D eigenvalue weighted by atomic mass is 35.5. The molecule has 2 rings (SSSR count). The summed E-state index contributed by atoms with van der Waals surface area (Å²) in [4.78, 5) is 12.1. The lowest BCUT2D eigenvalue weighted by atomic mass is 10.1. The van der Waals surface area contributed by atoms with E-state index in [1.807, 2.05) is 12.1 Å². The van der Waals surface area contributed by atoms with E-state index in [0.717, 1.165) is 5.56 Å². The average Bonchev–Trinajstić information content (AvgIpc) is 2.69. The van der Waals surface area contributed by atoms with Crippen LogP contribution in [0.4, 0.5) is 0 Å². The van der Waals surface area contributed by atoms with Crippen LogP contribution in [0.25, 0.3) is 0 Å². The van der Waals surface area contributed by atoms with Gasteiger partial charge in [-0.05, 0) is 49.2 Å². The Morgan fingerprint density at radius 2 is 1.76 bits per heavy atom. The molecule has 0 bridgehead atoms. The molecule has 1 atom stereocenters. The molecule has 0 fully saturated rings. The molecule has 10 heteroatoms. The van der Waals surface area contributed by atoms with E-state index in [4.69, 9.17) is 32.7 Å². The van der Waals surface area contributed by atoms with Crippen molar-refractivity contribution >= 4 is 39.1 Å². The van der Waals surface area contributed by atoms with Gasteiger partial charge in [0.15, 0.2) is 11.5 Å². The summed E-state index contributed by atoms with van der Waals surface area (Å²) < 4.78 is 37.7. The summed E-state index contributed by atoms with van der Waals surface area (Å²) in [5.74, 6) is 0.742. The van der Waals surface area contributed by atoms with Gasteiger partial charge in [-0.2, -0.15) is 4.72 Å². The van der Waals surface area contributed by atoms with Crippen molar-refractivity contribution in [2.45, 2.75) is 24.3 Å². The van der Waals surface area contributed by atoms with Gasteiger partial charge in [0, 0.05) is 11.6 Å². The topological polar surface area (TPSA) is 93.7 Å². The van der Waals surface area contributed by atoms with E-state index in [2.05, 4.69) is 10.0 Å². The molecule has 0 saturated carbocycles. The van der Waals surface area contributed by atoms with Gasteiger partial charge < -0.3 is 14.8 Å². The predicted octanol–water partition coefficient (Wildman–Crippen LogP) is 3.04. The zero-order valence-corrected chi connectivity index (χ0v) is 18.5. The van der Waals surface area contributed by atoms with E-state index in [9.17, 15) is 13.2 Å². The Balaban J connectivity index is 1.95. The quantitative estimate of drug-likeness (QED) is 0.599. The SMILES string of the molecule is COc1ccc(CCNC(=O)[C@@H](C)NS(=O)(=O)c2cc(Cl)ccc2Cl)cc1OC. The van der Waals surface area contributed by atoms with Crippen molar-refractivity contribution in [2.75, 3.05) is 20.8 Å². The summed E-state index contributed by atoms with van der Waals surface area (Å²) in [5.41, 5.74) is 0.932. The first-order valence-electron chi connectivity index (χ1n) is 8.64. The van der Waals surface area contributed by atoms with Gasteiger partial charge >= 0.3 is 0 Å². The molecule has 0 saturated heterocycles. The van der Waals surface area contributed by atoms with Crippen molar-refractivity contribution in [3.63, 3.8) is 0 Å². The van der Waals surface area contributed by atoms with Gasteiger partial charge in [-0.1, -0.05) is 29.3 Å². The van der Waals surface area contributed by atoms with E-state index in [1.165, 1.54) is 25.1 Å². The highest BCUT2D eigenvalue weighted by molar-refractivity contribution is 7.89. The number of ether oxygens (including phenoxy) is 2. The molecule has 0 unspecified atom stereocenters. The van der Waals surface area contributed by atoms with Gasteiger partial charge in [0.1, 0.15) is 4.90 Å². The number of hydrogen-bond acceptors (Lipinski definition) is 5. The number of rotatable bonds is 9. The second-order valence-corrected chi connectivity index (χ2v) is 8.67. The van der Waals surface area contributed by atoms with Crippen LogP contribution in [0.1, 0.15) is 12.5 Å². The van der Waals surface area contributed by atoms with Crippen molar-refractivity contribution < 1.29 is 22.7 Å². The van der Waals surface area contributed by atoms with Gasteiger partial charge in [0.25, 0.3) is 0 Å². The maximum Gasteiger partial charge on any atom is 0.242 e. The molecule has 2 aromatic carbocycles. The molecule has 158 valence electrons. The molecule has 2 N–H and O–H groups in total. The minimum atomic E-state index is -4.01. The number of amides is 1. The number of sulfonamides is 1. The van der Waals surface area contributed by atoms with E-state index < -0.39 is 22.0 Å². The van der Waals surface area contributed by atoms with Crippen LogP contribution in [0, 0.1) is 0 Å². The second-order valence-electron chi connectivity index (χ2n) is 6.15. The molecule has 0 aliphatic heterocycles. The van der Waals surface area contributed by atoms with Crippen LogP contribution >= 0.6 is 23.2 Å². The fourth-order valence-electron chi connectivity index (χ4n) is 2.55. The lowest BCUT2D eigenvalue weighted by Gasteiger charge is -2.15. The van der Waals surface area contributed by atoms with E-state index in [-0.39, 0.29) is 14.9 Å². The largest absolute Gasteiger partial charge is 0.493 e. The minimum Gasteiger partial charge on any atom is -0.493 e. The average molecular weight is 461 g/mol. The summed E-state index contributed by atoms with van der Waals surface area (Å²) in [7, 11) is -0.912. The number of hydrogen-bond donors (Lipinski definition) is 2. The Kier molecular flexibility index (Phi) is 8.15. The third-order valence-electron chi connectivity index (χ3n) is 4.07. The third-order valence-corrected chi connectivity index (χ3v) is 6.33. The fourth-order valence-corrected chi connectivity index (χ4v) is 4.52. The number of methoxy groups -OCH3 is 2. The number of carbonyl (C=O) groups is 1. The first-order valence-corrected chi connectivity index (χ1v) is 10.9. The highest BCUT2D eigenvalue weighted by Gasteiger charge is 2.24. The van der Waals surface area contributed by atoms with Crippen molar-refractivity contribution in [3.05, 3.63) is 52.0 Å². The summed E-state index contributed by atoms with van der Waals surface area (Å²) in [6.07, 6.45) is 0.533. The Morgan fingerprint density at radius 3 is 2.41 bits per heavy atom. The zero-order chi connectivity index (χ0) is 21.6. The highest BCUT2D eigenvalue weighted by Crippen LogP contribution is 2.27. The number of benzene rings is 2. The minimum absolute atomic E-state index is 0.0166. The molecule has 0 radical (unpaired) electrons. The number of nitrogens with one attached hydrogen (secondary N) is 2. The lowest BCUT2D eigenvalue weighted by molar-refractivity contribution is -0.122. The van der Waals surface area contributed by atoms with Gasteiger partial charge in [-0.15, -0.1) is 0 Å². The summed E-state index contributed by atoms with van der Waals surface area (Å²) in [6, 6.07) is 8.55. The fraction of sp³-hybridized carbons (Fsp3) is 0.316. The van der Waals surface area contributed by atoms with Gasteiger partial charge in [-0.25, -0.2) is 8.42 Å². The third kappa shape index (κ3) is 6.24. The Bertz CT molecular complexity index is 983. The molecular formula is C19H22Cl2N2O5S. The molecule has 0 aromatic heterocycles. The smallest absolute Gasteiger partial charge is 0.242 e. The monoisotopic (exact) mass is 460 g/mol. The molecule has 0 aliphatic carbocycles. The van der Waals surface area contributed by atoms with Gasteiger partial charge in [-0.3, -0.25) is 4.79 Å². The van der Waals surface area contributed by atoms with Crippen molar-refractivity contribution in [3.8, 4) is 11.5 Å². The maximum atomic E-state index is 12.5. The maximum absolute atomic E-state index is 12.5. The normalized spacial score (nSPS) is 12.3. The summed E-state index contributed by atoms with van der Waals surface area (Å²) in [6.45, 7) is 1.76. The van der Waals surface area contributed by atoms with Crippen LogP contribution in [0.2, 0.25) is 10.0 Å². The molecule has 2 aromatic rings. The van der Waals surface area contributed by atoms with Gasteiger partial charge in [0.05, 0.1) is 25.3 Å². The van der Waals surface area contributed by atoms with Crippen molar-refractivity contribution in [1.29, 1.82) is 0 Å². The Labute approximate surface area is 180 Å². The second kappa shape index (κ2) is 10.2. The first-order chi connectivity index (χ1) is 13.7. The first kappa shape index (κ1) is 23.3. The molecular weight excluding hydrogens is 439 g/mol. The standard InChI is InChI=1S/C19H22Cl2N2O5S/c1-12(23-29(25,26)18-11-14(20)5-6-15(18)21)19(24)22-9-8-13-4-7-16(27-2)17(10-13)28-3/h4-7,10-12,23H,8-9H2,1-3H3,(H,22,24)/t12-/m1/s1. The summed E-state index contributed by atoms with van der Waals surface area (Å²) in [5, 5.41) is 2.94. The van der Waals surface area contributed by atoms with Crippen molar-refractivity contribution in [1.82, 2.24) is 10.0 Å². The zero-order valence-electron chi connectivity index (χ0n) is 16.2. The molecule has 0 spiro atoms. The van der Waals surface area contributed by atoms with E-state index in [0.29, 0.717) is 24.5 Å². The van der Waals surface area contributed by atoms with E-state index in [1.54, 1.807) is 20.3 Å². The lowest BCUT2D eigenvalue weighted by Crippen LogP contribution is -2.45. The number of halogens is 2. The van der Waals surface area contributed by atoms with E-state index >= 15 is 0 Å². The molecule has 7 nitrogen and oxygen atoms in total. The Morgan fingerprint density at radius 1 is 1.07 bits per heavy atom. The summed E-state index contributed by atoms with van der Waals surface area (Å²) >= 11 is 11.8. The molecule has 1 amide bonds. The molecule has 0 aliphatic rings. The predicted molar refractivity (Wildman–Crippen MR) is 113 cm³/mol. The molecule has 0 heterocycles. The van der Waals surface area contributed by atoms with Crippen LogP contribution in [-0.4, -0.2) is 41.1 Å². The molecule has 29 heavy (non-hydrogen) atoms. The van der Waals surface area contributed by atoms with Crippen LogP contribution in [0.3, 0.4) is 0 Å². The number of carbonyl (C=O) groups excluding carboxylic acids is 1. The van der Waals surface area contributed by atoms with Crippen LogP contribution in [0.5, 0.6) is 11.5 Å². The van der Waals surface area contributed by atoms with Gasteiger partial charge in [0.2, 0.25) is 15.9 Å². The van der Waals surface area contributed by atoms with Crippen LogP contribution < -0.4 is 19.5 Å². The van der Waals surface area contributed by atoms with Crippen LogP contribution in [-0.2, 0) is 21.2 Å².